The Morgan fingerprint density at radius 2 is 1.95 bits per heavy atom. The zero-order chi connectivity index (χ0) is 14.4. The van der Waals surface area contributed by atoms with Crippen LogP contribution in [0.4, 0.5) is 5.69 Å². The van der Waals surface area contributed by atoms with Crippen molar-refractivity contribution in [3.05, 3.63) is 70.8 Å². The Bertz CT molecular complexity index is 617. The summed E-state index contributed by atoms with van der Waals surface area (Å²) >= 11 is 5.81. The number of amides is 1. The molecular formula is C17H16ClNO. The van der Waals surface area contributed by atoms with Gasteiger partial charge >= 0.3 is 0 Å². The molecule has 0 unspecified atom stereocenters. The van der Waals surface area contributed by atoms with E-state index in [1.165, 1.54) is 11.6 Å². The minimum atomic E-state index is -0.145. The second-order valence-corrected chi connectivity index (χ2v) is 4.86. The molecule has 0 bridgehead atoms. The molecule has 0 aliphatic heterocycles. The van der Waals surface area contributed by atoms with Crippen LogP contribution in [-0.4, -0.2) is 5.91 Å². The largest absolute Gasteiger partial charge is 0.323 e. The van der Waals surface area contributed by atoms with Crippen LogP contribution < -0.4 is 5.32 Å². The van der Waals surface area contributed by atoms with E-state index >= 15 is 0 Å². The molecule has 0 spiro atoms. The minimum absolute atomic E-state index is 0.145. The molecule has 0 radical (unpaired) electrons. The average molecular weight is 286 g/mol. The Balaban J connectivity index is 1.99. The van der Waals surface area contributed by atoms with E-state index in [2.05, 4.69) is 12.2 Å². The molecule has 0 saturated carbocycles. The van der Waals surface area contributed by atoms with Gasteiger partial charge in [-0.05, 0) is 47.9 Å². The Morgan fingerprint density at radius 3 is 2.65 bits per heavy atom. The molecule has 0 aliphatic carbocycles. The van der Waals surface area contributed by atoms with Crippen molar-refractivity contribution in [3.63, 3.8) is 0 Å². The third-order valence-electron chi connectivity index (χ3n) is 2.90. The van der Waals surface area contributed by atoms with Crippen molar-refractivity contribution in [2.24, 2.45) is 0 Å². The van der Waals surface area contributed by atoms with E-state index in [0.29, 0.717) is 5.02 Å². The van der Waals surface area contributed by atoms with E-state index in [0.717, 1.165) is 17.7 Å². The van der Waals surface area contributed by atoms with Crippen LogP contribution in [0, 0.1) is 0 Å². The highest BCUT2D eigenvalue weighted by Gasteiger charge is 1.98. The monoisotopic (exact) mass is 285 g/mol. The predicted molar refractivity (Wildman–Crippen MR) is 84.9 cm³/mol. The molecule has 2 aromatic rings. The average Bonchev–Trinajstić information content (AvgIpc) is 2.47. The summed E-state index contributed by atoms with van der Waals surface area (Å²) < 4.78 is 0. The second kappa shape index (κ2) is 6.92. The van der Waals surface area contributed by atoms with Gasteiger partial charge in [-0.15, -0.1) is 0 Å². The van der Waals surface area contributed by atoms with Gasteiger partial charge in [0, 0.05) is 16.8 Å². The predicted octanol–water partition coefficient (Wildman–Crippen LogP) is 4.55. The smallest absolute Gasteiger partial charge is 0.248 e. The number of halogens is 1. The van der Waals surface area contributed by atoms with Crippen molar-refractivity contribution in [3.8, 4) is 0 Å². The summed E-state index contributed by atoms with van der Waals surface area (Å²) in [5, 5.41) is 3.53. The Hall–Kier alpha value is -2.06. The number of carbonyl (C=O) groups excluding carboxylic acids is 1. The fraction of sp³-hybridized carbons (Fsp3) is 0.118. The zero-order valence-corrected chi connectivity index (χ0v) is 12.0. The van der Waals surface area contributed by atoms with Gasteiger partial charge in [-0.25, -0.2) is 0 Å². The van der Waals surface area contributed by atoms with Crippen LogP contribution in [0.5, 0.6) is 0 Å². The lowest BCUT2D eigenvalue weighted by molar-refractivity contribution is -0.111. The summed E-state index contributed by atoms with van der Waals surface area (Å²) in [6.45, 7) is 2.08. The Morgan fingerprint density at radius 1 is 1.20 bits per heavy atom. The Kier molecular flexibility index (Phi) is 4.97. The van der Waals surface area contributed by atoms with Gasteiger partial charge in [-0.2, -0.15) is 0 Å². The maximum absolute atomic E-state index is 11.8. The van der Waals surface area contributed by atoms with Gasteiger partial charge in [0.05, 0.1) is 0 Å². The van der Waals surface area contributed by atoms with Gasteiger partial charge in [-0.3, -0.25) is 4.79 Å². The van der Waals surface area contributed by atoms with E-state index in [1.807, 2.05) is 36.4 Å². The van der Waals surface area contributed by atoms with Crippen molar-refractivity contribution in [2.75, 3.05) is 5.32 Å². The molecule has 0 saturated heterocycles. The van der Waals surface area contributed by atoms with Crippen LogP contribution >= 0.6 is 11.6 Å². The number of aryl methyl sites for hydroxylation is 1. The quantitative estimate of drug-likeness (QED) is 0.820. The van der Waals surface area contributed by atoms with Crippen LogP contribution in [0.15, 0.2) is 54.6 Å². The van der Waals surface area contributed by atoms with E-state index in [-0.39, 0.29) is 5.91 Å². The fourth-order valence-corrected chi connectivity index (χ4v) is 1.92. The number of benzene rings is 2. The first kappa shape index (κ1) is 14.4. The van der Waals surface area contributed by atoms with Gasteiger partial charge in [0.1, 0.15) is 0 Å². The third kappa shape index (κ3) is 4.25. The minimum Gasteiger partial charge on any atom is -0.323 e. The summed E-state index contributed by atoms with van der Waals surface area (Å²) in [5.41, 5.74) is 2.95. The van der Waals surface area contributed by atoms with Gasteiger partial charge in [0.15, 0.2) is 0 Å². The van der Waals surface area contributed by atoms with Crippen molar-refractivity contribution in [1.82, 2.24) is 0 Å². The first-order valence-electron chi connectivity index (χ1n) is 6.51. The number of hydrogen-bond acceptors (Lipinski definition) is 1. The molecule has 0 aliphatic rings. The first-order valence-corrected chi connectivity index (χ1v) is 6.89. The highest BCUT2D eigenvalue weighted by Crippen LogP contribution is 2.12. The number of rotatable bonds is 4. The molecule has 0 heterocycles. The molecular weight excluding hydrogens is 270 g/mol. The first-order chi connectivity index (χ1) is 9.67. The summed E-state index contributed by atoms with van der Waals surface area (Å²) in [6.07, 6.45) is 4.22. The highest BCUT2D eigenvalue weighted by molar-refractivity contribution is 6.30. The molecule has 2 aromatic carbocycles. The van der Waals surface area contributed by atoms with E-state index in [1.54, 1.807) is 18.2 Å². The molecule has 0 fully saturated rings. The third-order valence-corrected chi connectivity index (χ3v) is 3.15. The van der Waals surface area contributed by atoms with E-state index in [4.69, 9.17) is 11.6 Å². The number of nitrogens with one attached hydrogen (secondary N) is 1. The molecule has 0 aromatic heterocycles. The standard InChI is InChI=1S/C17H16ClNO/c1-2-13-4-3-5-16(12-13)19-17(20)11-8-14-6-9-15(18)10-7-14/h3-12H,2H2,1H3,(H,19,20). The molecule has 20 heavy (non-hydrogen) atoms. The normalized spacial score (nSPS) is 10.7. The lowest BCUT2D eigenvalue weighted by Crippen LogP contribution is -2.07. The van der Waals surface area contributed by atoms with Gasteiger partial charge < -0.3 is 5.32 Å². The molecule has 1 N–H and O–H groups in total. The molecule has 1 amide bonds. The summed E-state index contributed by atoms with van der Waals surface area (Å²) in [7, 11) is 0. The lowest BCUT2D eigenvalue weighted by Gasteiger charge is -2.04. The van der Waals surface area contributed by atoms with Crippen LogP contribution in [0.2, 0.25) is 5.02 Å². The maximum atomic E-state index is 11.8. The topological polar surface area (TPSA) is 29.1 Å². The van der Waals surface area contributed by atoms with Gasteiger partial charge in [0.25, 0.3) is 0 Å². The van der Waals surface area contributed by atoms with Gasteiger partial charge in [0.2, 0.25) is 5.91 Å². The summed E-state index contributed by atoms with van der Waals surface area (Å²) in [5.74, 6) is -0.145. The number of hydrogen-bond donors (Lipinski definition) is 1. The van der Waals surface area contributed by atoms with Crippen LogP contribution in [-0.2, 0) is 11.2 Å². The second-order valence-electron chi connectivity index (χ2n) is 4.43. The van der Waals surface area contributed by atoms with E-state index < -0.39 is 0 Å². The summed E-state index contributed by atoms with van der Waals surface area (Å²) in [4.78, 5) is 11.8. The highest BCUT2D eigenvalue weighted by atomic mass is 35.5. The molecule has 2 rings (SSSR count). The molecule has 2 nitrogen and oxygen atoms in total. The van der Waals surface area contributed by atoms with Crippen LogP contribution in [0.1, 0.15) is 18.1 Å². The van der Waals surface area contributed by atoms with Crippen LogP contribution in [0.3, 0.4) is 0 Å². The van der Waals surface area contributed by atoms with Gasteiger partial charge in [-0.1, -0.05) is 42.8 Å². The summed E-state index contributed by atoms with van der Waals surface area (Å²) in [6, 6.07) is 15.2. The van der Waals surface area contributed by atoms with Crippen molar-refractivity contribution < 1.29 is 4.79 Å². The van der Waals surface area contributed by atoms with Crippen molar-refractivity contribution in [1.29, 1.82) is 0 Å². The molecule has 102 valence electrons. The van der Waals surface area contributed by atoms with Crippen LogP contribution in [0.25, 0.3) is 6.08 Å². The van der Waals surface area contributed by atoms with Crippen molar-refractivity contribution in [2.45, 2.75) is 13.3 Å². The number of anilines is 1. The van der Waals surface area contributed by atoms with E-state index in [9.17, 15) is 4.79 Å². The Labute approximate surface area is 124 Å². The zero-order valence-electron chi connectivity index (χ0n) is 11.3. The molecule has 0 atom stereocenters. The maximum Gasteiger partial charge on any atom is 0.248 e. The fourth-order valence-electron chi connectivity index (χ4n) is 1.80. The molecule has 3 heteroatoms. The SMILES string of the molecule is CCc1cccc(NC(=O)C=Cc2ccc(Cl)cc2)c1. The van der Waals surface area contributed by atoms with Crippen molar-refractivity contribution >= 4 is 29.3 Å². The number of carbonyl (C=O) groups is 1. The lowest BCUT2D eigenvalue weighted by atomic mass is 10.1.